The summed E-state index contributed by atoms with van der Waals surface area (Å²) in [6.45, 7) is 9.45. The second-order valence-electron chi connectivity index (χ2n) is 6.69. The molecule has 5 nitrogen and oxygen atoms in total. The third-order valence-corrected chi connectivity index (χ3v) is 4.56. The van der Waals surface area contributed by atoms with Crippen molar-refractivity contribution in [3.63, 3.8) is 0 Å². The zero-order valence-corrected chi connectivity index (χ0v) is 15.7. The second kappa shape index (κ2) is 7.31. The molecule has 1 aliphatic heterocycles. The molecular formula is C20H29N5. The van der Waals surface area contributed by atoms with Crippen LogP contribution in [0.25, 0.3) is 10.9 Å². The van der Waals surface area contributed by atoms with Gasteiger partial charge >= 0.3 is 0 Å². The first-order chi connectivity index (χ1) is 12.1. The zero-order chi connectivity index (χ0) is 17.9. The Morgan fingerprint density at radius 3 is 2.72 bits per heavy atom. The van der Waals surface area contributed by atoms with Crippen molar-refractivity contribution in [1.29, 1.82) is 0 Å². The van der Waals surface area contributed by atoms with Gasteiger partial charge in [0.15, 0.2) is 0 Å². The van der Waals surface area contributed by atoms with Crippen LogP contribution >= 0.6 is 0 Å². The maximum absolute atomic E-state index is 4.93. The average Bonchev–Trinajstić information content (AvgIpc) is 2.94. The van der Waals surface area contributed by atoms with Crippen molar-refractivity contribution in [2.45, 2.75) is 52.6 Å². The number of aliphatic imine (C=N–C) groups is 1. The molecule has 5 heteroatoms. The van der Waals surface area contributed by atoms with Crippen molar-refractivity contribution in [3.05, 3.63) is 41.7 Å². The second-order valence-corrected chi connectivity index (χ2v) is 6.69. The number of nitrogens with one attached hydrogen (secondary N) is 4. The largest absolute Gasteiger partial charge is 0.359 e. The van der Waals surface area contributed by atoms with Crippen molar-refractivity contribution < 1.29 is 0 Å². The highest BCUT2D eigenvalue weighted by atomic mass is 15.3. The van der Waals surface area contributed by atoms with E-state index >= 15 is 0 Å². The van der Waals surface area contributed by atoms with Gasteiger partial charge in [0.05, 0.1) is 0 Å². The van der Waals surface area contributed by atoms with Crippen LogP contribution in [0, 0.1) is 6.92 Å². The Morgan fingerprint density at radius 1 is 1.16 bits per heavy atom. The summed E-state index contributed by atoms with van der Waals surface area (Å²) in [5.41, 5.74) is 4.26. The van der Waals surface area contributed by atoms with Crippen molar-refractivity contribution in [3.8, 4) is 0 Å². The van der Waals surface area contributed by atoms with E-state index in [2.05, 4.69) is 79.0 Å². The van der Waals surface area contributed by atoms with Crippen LogP contribution in [-0.4, -0.2) is 23.2 Å². The van der Waals surface area contributed by atoms with E-state index in [0.29, 0.717) is 0 Å². The molecule has 0 bridgehead atoms. The molecule has 0 saturated carbocycles. The highest BCUT2D eigenvalue weighted by molar-refractivity contribution is 5.97. The maximum Gasteiger partial charge on any atom is 0.202 e. The minimum absolute atomic E-state index is 0.332. The predicted octanol–water partition coefficient (Wildman–Crippen LogP) is 4.25. The van der Waals surface area contributed by atoms with Gasteiger partial charge in [0.1, 0.15) is 5.66 Å². The molecule has 0 saturated heterocycles. The number of likely N-dealkylation sites (N-methyl/N-ethyl adjacent to an activating group) is 1. The Labute approximate surface area is 150 Å². The van der Waals surface area contributed by atoms with Crippen LogP contribution in [0.1, 0.15) is 45.7 Å². The number of hydrogen-bond donors (Lipinski definition) is 4. The molecule has 1 aromatic carbocycles. The van der Waals surface area contributed by atoms with Gasteiger partial charge in [-0.2, -0.15) is 0 Å². The number of H-pyrrole nitrogens is 1. The maximum atomic E-state index is 4.93. The number of rotatable bonds is 6. The Hall–Kier alpha value is -2.27. The highest BCUT2D eigenvalue weighted by Gasteiger charge is 2.28. The molecule has 0 aliphatic carbocycles. The van der Waals surface area contributed by atoms with E-state index in [-0.39, 0.29) is 5.66 Å². The molecule has 134 valence electrons. The Morgan fingerprint density at radius 2 is 2.00 bits per heavy atom. The first kappa shape index (κ1) is 17.5. The van der Waals surface area contributed by atoms with Crippen molar-refractivity contribution in [1.82, 2.24) is 15.6 Å². The molecule has 2 heterocycles. The molecule has 0 amide bonds. The molecule has 3 rings (SSSR count). The number of allylic oxidation sites excluding steroid dienone is 1. The molecule has 0 spiro atoms. The molecule has 1 unspecified atom stereocenters. The van der Waals surface area contributed by atoms with E-state index in [0.717, 1.165) is 43.0 Å². The quantitative estimate of drug-likeness (QED) is 0.636. The normalized spacial score (nSPS) is 20.2. The molecule has 1 aliphatic rings. The molecule has 1 aromatic heterocycles. The lowest BCUT2D eigenvalue weighted by Gasteiger charge is -2.33. The summed E-state index contributed by atoms with van der Waals surface area (Å²) in [5.74, 6) is 0.806. The van der Waals surface area contributed by atoms with E-state index < -0.39 is 0 Å². The van der Waals surface area contributed by atoms with Crippen LogP contribution in [0.5, 0.6) is 0 Å². The van der Waals surface area contributed by atoms with Crippen LogP contribution in [-0.2, 0) is 0 Å². The Kier molecular flexibility index (Phi) is 5.13. The number of fused-ring (bicyclic) bond motifs is 1. The lowest BCUT2D eigenvalue weighted by molar-refractivity contribution is 0.405. The van der Waals surface area contributed by atoms with Crippen molar-refractivity contribution in [2.24, 2.45) is 4.99 Å². The topological polar surface area (TPSA) is 64.2 Å². The summed E-state index contributed by atoms with van der Waals surface area (Å²) < 4.78 is 0. The Balaban J connectivity index is 1.88. The summed E-state index contributed by atoms with van der Waals surface area (Å²) in [5, 5.41) is 11.7. The van der Waals surface area contributed by atoms with Gasteiger partial charge in [0.2, 0.25) is 5.96 Å². The molecule has 0 radical (unpaired) electrons. The van der Waals surface area contributed by atoms with Crippen LogP contribution < -0.4 is 16.0 Å². The van der Waals surface area contributed by atoms with Crippen molar-refractivity contribution in [2.75, 3.05) is 11.9 Å². The number of hydrogen-bond acceptors (Lipinski definition) is 4. The predicted molar refractivity (Wildman–Crippen MR) is 107 cm³/mol. The van der Waals surface area contributed by atoms with E-state index in [9.17, 15) is 0 Å². The van der Waals surface area contributed by atoms with E-state index in [1.165, 1.54) is 16.8 Å². The number of benzene rings is 1. The van der Waals surface area contributed by atoms with Gasteiger partial charge in [-0.25, -0.2) is 4.99 Å². The number of nitrogens with zero attached hydrogens (tertiary/aromatic N) is 1. The van der Waals surface area contributed by atoms with E-state index in [1.807, 2.05) is 0 Å². The number of aryl methyl sites for hydroxylation is 1. The van der Waals surface area contributed by atoms with Crippen LogP contribution in [0.4, 0.5) is 5.69 Å². The summed E-state index contributed by atoms with van der Waals surface area (Å²) in [6.07, 6.45) is 5.28. The lowest BCUT2D eigenvalue weighted by Crippen LogP contribution is -2.48. The smallest absolute Gasteiger partial charge is 0.202 e. The summed E-state index contributed by atoms with van der Waals surface area (Å²) in [7, 11) is 0. The van der Waals surface area contributed by atoms with E-state index in [1.54, 1.807) is 0 Å². The molecular weight excluding hydrogens is 310 g/mol. The monoisotopic (exact) mass is 339 g/mol. The number of anilines is 1. The van der Waals surface area contributed by atoms with Gasteiger partial charge in [0.25, 0.3) is 0 Å². The fraction of sp³-hybridized carbons (Fsp3) is 0.450. The van der Waals surface area contributed by atoms with Gasteiger partial charge in [0, 0.05) is 28.0 Å². The first-order valence-electron chi connectivity index (χ1n) is 9.27. The van der Waals surface area contributed by atoms with Crippen LogP contribution in [0.15, 0.2) is 41.0 Å². The van der Waals surface area contributed by atoms with Gasteiger partial charge in [-0.15, -0.1) is 0 Å². The third kappa shape index (κ3) is 3.87. The first-order valence-corrected chi connectivity index (χ1v) is 9.27. The summed E-state index contributed by atoms with van der Waals surface area (Å²) in [6, 6.07) is 8.51. The number of aromatic amines is 1. The van der Waals surface area contributed by atoms with Gasteiger partial charge < -0.3 is 15.6 Å². The van der Waals surface area contributed by atoms with Gasteiger partial charge in [-0.1, -0.05) is 27.2 Å². The minimum Gasteiger partial charge on any atom is -0.359 e. The Bertz CT molecular complexity index is 802. The van der Waals surface area contributed by atoms with Gasteiger partial charge in [-0.3, -0.25) is 5.32 Å². The average molecular weight is 339 g/mol. The molecule has 2 aromatic rings. The van der Waals surface area contributed by atoms with Crippen molar-refractivity contribution >= 4 is 22.5 Å². The molecule has 25 heavy (non-hydrogen) atoms. The summed E-state index contributed by atoms with van der Waals surface area (Å²) >= 11 is 0. The van der Waals surface area contributed by atoms with Crippen LogP contribution in [0.3, 0.4) is 0 Å². The third-order valence-electron chi connectivity index (χ3n) is 4.56. The fourth-order valence-corrected chi connectivity index (χ4v) is 3.39. The molecule has 4 N–H and O–H groups in total. The molecule has 0 fully saturated rings. The highest BCUT2D eigenvalue weighted by Crippen LogP contribution is 2.24. The lowest BCUT2D eigenvalue weighted by atomic mass is 10.0. The van der Waals surface area contributed by atoms with Crippen LogP contribution in [0.2, 0.25) is 0 Å². The minimum atomic E-state index is -0.332. The summed E-state index contributed by atoms with van der Waals surface area (Å²) in [4.78, 5) is 8.29. The SMILES string of the molecule is CCCC1=CC(CC)(NCC)N=C(Nc2ccc3[nH]c(C)cc3c2)N1. The van der Waals surface area contributed by atoms with Gasteiger partial charge in [-0.05, 0) is 56.7 Å². The fourth-order valence-electron chi connectivity index (χ4n) is 3.39. The standard InChI is InChI=1S/C20H29N5/c1-5-8-17-13-20(6-2,21-7-3)25-19(24-17)23-16-9-10-18-15(12-16)11-14(4)22-18/h9-13,21-22H,5-8H2,1-4H3,(H2,23,24,25). The van der Waals surface area contributed by atoms with E-state index in [4.69, 9.17) is 4.99 Å². The zero-order valence-electron chi connectivity index (χ0n) is 15.7. The molecule has 1 atom stereocenters. The number of aromatic nitrogens is 1. The number of guanidine groups is 1.